The van der Waals surface area contributed by atoms with Crippen molar-refractivity contribution in [2.45, 2.75) is 6.92 Å². The molecule has 2 aromatic heterocycles. The van der Waals surface area contributed by atoms with Crippen molar-refractivity contribution in [3.05, 3.63) is 30.4 Å². The van der Waals surface area contributed by atoms with Crippen molar-refractivity contribution < 1.29 is 9.21 Å². The highest BCUT2D eigenvalue weighted by atomic mass is 16.3. The largest absolute Gasteiger partial charge is 0.451 e. The normalized spacial score (nSPS) is 10.4. The lowest BCUT2D eigenvalue weighted by molar-refractivity contribution is 0.0988. The first-order valence-corrected chi connectivity index (χ1v) is 4.26. The molecule has 0 aromatic carbocycles. The van der Waals surface area contributed by atoms with Crippen molar-refractivity contribution in [3.8, 4) is 11.5 Å². The molecule has 0 amide bonds. The van der Waals surface area contributed by atoms with Crippen LogP contribution in [0.25, 0.3) is 11.5 Å². The Balaban J connectivity index is 2.43. The Bertz CT molecular complexity index is 468. The van der Waals surface area contributed by atoms with E-state index in [4.69, 9.17) is 4.42 Å². The van der Waals surface area contributed by atoms with Crippen LogP contribution < -0.4 is 0 Å². The highest BCUT2D eigenvalue weighted by Gasteiger charge is 2.09. The summed E-state index contributed by atoms with van der Waals surface area (Å²) in [5.74, 6) is 0.967. The molecule has 0 aliphatic rings. The summed E-state index contributed by atoms with van der Waals surface area (Å²) in [5, 5.41) is 0. The summed E-state index contributed by atoms with van der Waals surface area (Å²) in [6, 6.07) is 3.44. The summed E-state index contributed by atoms with van der Waals surface area (Å²) >= 11 is 0. The van der Waals surface area contributed by atoms with Crippen LogP contribution in [0.3, 0.4) is 0 Å². The maximum Gasteiger partial charge on any atom is 0.194 e. The lowest BCUT2D eigenvalue weighted by Gasteiger charge is -1.96. The van der Waals surface area contributed by atoms with E-state index in [9.17, 15) is 4.79 Å². The summed E-state index contributed by atoms with van der Waals surface area (Å²) in [6.45, 7) is 1.48. The standard InChI is InChI=1S/C10H10N2O2/c1-7(13)9-3-4-10(14-9)8-5-11-6-12(8)2/h3-6H,1-2H3. The molecule has 0 saturated carbocycles. The first-order chi connectivity index (χ1) is 6.68. The summed E-state index contributed by atoms with van der Waals surface area (Å²) in [7, 11) is 1.87. The number of hydrogen-bond acceptors (Lipinski definition) is 3. The number of imidazole rings is 1. The summed E-state index contributed by atoms with van der Waals surface area (Å²) in [4.78, 5) is 15.0. The molecule has 0 aliphatic heterocycles. The Labute approximate surface area is 81.2 Å². The van der Waals surface area contributed by atoms with E-state index >= 15 is 0 Å². The average Bonchev–Trinajstić information content (AvgIpc) is 2.71. The van der Waals surface area contributed by atoms with E-state index in [0.29, 0.717) is 11.5 Å². The van der Waals surface area contributed by atoms with Crippen molar-refractivity contribution in [1.29, 1.82) is 0 Å². The van der Waals surface area contributed by atoms with Crippen molar-refractivity contribution >= 4 is 5.78 Å². The topological polar surface area (TPSA) is 48.0 Å². The number of ketones is 1. The first kappa shape index (κ1) is 8.74. The Hall–Kier alpha value is -1.84. The molecule has 0 fully saturated rings. The molecule has 2 heterocycles. The zero-order chi connectivity index (χ0) is 10.1. The lowest BCUT2D eigenvalue weighted by Crippen LogP contribution is -1.88. The lowest BCUT2D eigenvalue weighted by atomic mass is 10.3. The second-order valence-corrected chi connectivity index (χ2v) is 3.11. The van der Waals surface area contributed by atoms with Gasteiger partial charge in [-0.3, -0.25) is 4.79 Å². The molecule has 0 spiro atoms. The van der Waals surface area contributed by atoms with Gasteiger partial charge in [0, 0.05) is 14.0 Å². The minimum Gasteiger partial charge on any atom is -0.451 e. The molecule has 0 saturated heterocycles. The van der Waals surface area contributed by atoms with Gasteiger partial charge in [-0.25, -0.2) is 4.98 Å². The van der Waals surface area contributed by atoms with Gasteiger partial charge in [-0.15, -0.1) is 0 Å². The summed E-state index contributed by atoms with van der Waals surface area (Å²) < 4.78 is 7.20. The quantitative estimate of drug-likeness (QED) is 0.679. The van der Waals surface area contributed by atoms with Gasteiger partial charge in [0.05, 0.1) is 12.5 Å². The summed E-state index contributed by atoms with van der Waals surface area (Å²) in [6.07, 6.45) is 3.38. The molecule has 72 valence electrons. The molecule has 4 heteroatoms. The monoisotopic (exact) mass is 190 g/mol. The molecule has 0 N–H and O–H groups in total. The molecule has 0 atom stereocenters. The molecule has 4 nitrogen and oxygen atoms in total. The molecule has 0 aliphatic carbocycles. The minimum absolute atomic E-state index is 0.0709. The van der Waals surface area contributed by atoms with E-state index in [1.54, 1.807) is 24.7 Å². The van der Waals surface area contributed by atoms with Gasteiger partial charge >= 0.3 is 0 Å². The molecule has 0 unspecified atom stereocenters. The van der Waals surface area contributed by atoms with Crippen LogP contribution in [0.4, 0.5) is 0 Å². The van der Waals surface area contributed by atoms with Gasteiger partial charge in [0.25, 0.3) is 0 Å². The number of carbonyl (C=O) groups is 1. The van der Waals surface area contributed by atoms with Crippen LogP contribution in [0.15, 0.2) is 29.1 Å². The van der Waals surface area contributed by atoms with Crippen LogP contribution in [-0.2, 0) is 7.05 Å². The fourth-order valence-corrected chi connectivity index (χ4v) is 1.26. The van der Waals surface area contributed by atoms with Gasteiger partial charge in [-0.2, -0.15) is 0 Å². The van der Waals surface area contributed by atoms with Gasteiger partial charge in [-0.1, -0.05) is 0 Å². The van der Waals surface area contributed by atoms with Gasteiger partial charge in [-0.05, 0) is 12.1 Å². The van der Waals surface area contributed by atoms with E-state index in [1.165, 1.54) is 6.92 Å². The second-order valence-electron chi connectivity index (χ2n) is 3.11. The van der Waals surface area contributed by atoms with Gasteiger partial charge in [0.2, 0.25) is 0 Å². The molecule has 0 radical (unpaired) electrons. The number of aryl methyl sites for hydroxylation is 1. The van der Waals surface area contributed by atoms with Crippen LogP contribution in [0.2, 0.25) is 0 Å². The number of aromatic nitrogens is 2. The van der Waals surface area contributed by atoms with Gasteiger partial charge in [0.15, 0.2) is 17.3 Å². The van der Waals surface area contributed by atoms with E-state index in [1.807, 2.05) is 11.6 Å². The molecular formula is C10H10N2O2. The van der Waals surface area contributed by atoms with Crippen LogP contribution in [0.1, 0.15) is 17.5 Å². The maximum absolute atomic E-state index is 11.0. The highest BCUT2D eigenvalue weighted by molar-refractivity contribution is 5.91. The third-order valence-electron chi connectivity index (χ3n) is 2.02. The molecule has 0 bridgehead atoms. The van der Waals surface area contributed by atoms with Crippen LogP contribution >= 0.6 is 0 Å². The molecular weight excluding hydrogens is 180 g/mol. The van der Waals surface area contributed by atoms with Gasteiger partial charge < -0.3 is 8.98 Å². The number of rotatable bonds is 2. The SMILES string of the molecule is CC(=O)c1ccc(-c2cncn2C)o1. The first-order valence-electron chi connectivity index (χ1n) is 4.26. The predicted molar refractivity (Wildman–Crippen MR) is 50.9 cm³/mol. The zero-order valence-corrected chi connectivity index (χ0v) is 8.02. The van der Waals surface area contributed by atoms with Crippen LogP contribution in [-0.4, -0.2) is 15.3 Å². The number of Topliss-reactive ketones (excluding diaryl/α,β-unsaturated/α-hetero) is 1. The fourth-order valence-electron chi connectivity index (χ4n) is 1.26. The van der Waals surface area contributed by atoms with E-state index in [-0.39, 0.29) is 5.78 Å². The Morgan fingerprint density at radius 2 is 2.29 bits per heavy atom. The maximum atomic E-state index is 11.0. The third kappa shape index (κ3) is 1.35. The summed E-state index contributed by atoms with van der Waals surface area (Å²) in [5.41, 5.74) is 0.859. The van der Waals surface area contributed by atoms with Gasteiger partial charge in [0.1, 0.15) is 5.69 Å². The highest BCUT2D eigenvalue weighted by Crippen LogP contribution is 2.21. The van der Waals surface area contributed by atoms with Crippen LogP contribution in [0.5, 0.6) is 0 Å². The average molecular weight is 190 g/mol. The molecule has 14 heavy (non-hydrogen) atoms. The Morgan fingerprint density at radius 3 is 2.79 bits per heavy atom. The van der Waals surface area contributed by atoms with Crippen molar-refractivity contribution in [2.75, 3.05) is 0 Å². The second kappa shape index (κ2) is 3.14. The van der Waals surface area contributed by atoms with Crippen LogP contribution in [0, 0.1) is 0 Å². The van der Waals surface area contributed by atoms with Crippen molar-refractivity contribution in [2.24, 2.45) is 7.05 Å². The fraction of sp³-hybridized carbons (Fsp3) is 0.200. The predicted octanol–water partition coefficient (Wildman–Crippen LogP) is 1.88. The number of furan rings is 1. The van der Waals surface area contributed by atoms with E-state index < -0.39 is 0 Å². The Morgan fingerprint density at radius 1 is 1.50 bits per heavy atom. The van der Waals surface area contributed by atoms with Crippen molar-refractivity contribution in [3.63, 3.8) is 0 Å². The minimum atomic E-state index is -0.0709. The van der Waals surface area contributed by atoms with Crippen molar-refractivity contribution in [1.82, 2.24) is 9.55 Å². The zero-order valence-electron chi connectivity index (χ0n) is 8.02. The number of nitrogens with zero attached hydrogens (tertiary/aromatic N) is 2. The smallest absolute Gasteiger partial charge is 0.194 e. The third-order valence-corrected chi connectivity index (χ3v) is 2.02. The number of hydrogen-bond donors (Lipinski definition) is 0. The molecule has 2 aromatic rings. The number of carbonyl (C=O) groups excluding carboxylic acids is 1. The Kier molecular flexibility index (Phi) is 1.96. The molecule has 2 rings (SSSR count). The van der Waals surface area contributed by atoms with E-state index in [0.717, 1.165) is 5.69 Å². The van der Waals surface area contributed by atoms with E-state index in [2.05, 4.69) is 4.98 Å².